The Labute approximate surface area is 121 Å². The topological polar surface area (TPSA) is 28.2 Å². The average molecular weight is 282 g/mol. The van der Waals surface area contributed by atoms with Crippen molar-refractivity contribution < 1.29 is 0 Å². The first-order valence-corrected chi connectivity index (χ1v) is 7.53. The van der Waals surface area contributed by atoms with Gasteiger partial charge in [0.05, 0.1) is 5.69 Å². The fraction of sp³-hybridized carbons (Fsp3) is 0.667. The number of aromatic nitrogens is 1. The molecule has 1 aromatic rings. The van der Waals surface area contributed by atoms with Gasteiger partial charge in [-0.2, -0.15) is 0 Å². The molecule has 1 fully saturated rings. The second kappa shape index (κ2) is 6.58. The Balaban J connectivity index is 1.87. The summed E-state index contributed by atoms with van der Waals surface area (Å²) in [6.45, 7) is 10.2. The van der Waals surface area contributed by atoms with E-state index in [9.17, 15) is 0 Å². The van der Waals surface area contributed by atoms with Gasteiger partial charge in [-0.15, -0.1) is 0 Å². The van der Waals surface area contributed by atoms with E-state index in [1.54, 1.807) is 6.20 Å². The molecule has 0 saturated carbocycles. The third kappa shape index (κ3) is 4.36. The molecule has 0 bridgehead atoms. The van der Waals surface area contributed by atoms with Crippen molar-refractivity contribution in [2.24, 2.45) is 5.92 Å². The van der Waals surface area contributed by atoms with Crippen LogP contribution in [0.25, 0.3) is 0 Å². The van der Waals surface area contributed by atoms with Gasteiger partial charge in [-0.25, -0.2) is 4.98 Å². The van der Waals surface area contributed by atoms with Gasteiger partial charge in [0, 0.05) is 31.9 Å². The minimum absolute atomic E-state index is 0.518. The van der Waals surface area contributed by atoms with E-state index in [1.807, 2.05) is 6.92 Å². The molecule has 4 heteroatoms. The minimum Gasteiger partial charge on any atom is -0.380 e. The number of likely N-dealkylation sites (tertiary alicyclic amines) is 1. The van der Waals surface area contributed by atoms with Crippen molar-refractivity contribution in [2.45, 2.75) is 39.7 Å². The van der Waals surface area contributed by atoms with E-state index in [1.165, 1.54) is 32.5 Å². The summed E-state index contributed by atoms with van der Waals surface area (Å²) in [6.07, 6.45) is 4.16. The highest BCUT2D eigenvalue weighted by Crippen LogP contribution is 2.23. The van der Waals surface area contributed by atoms with Crippen LogP contribution in [0.15, 0.2) is 12.3 Å². The Morgan fingerprint density at radius 3 is 2.74 bits per heavy atom. The Morgan fingerprint density at radius 2 is 2.11 bits per heavy atom. The molecule has 3 nitrogen and oxygen atoms in total. The zero-order chi connectivity index (χ0) is 13.8. The van der Waals surface area contributed by atoms with Crippen LogP contribution in [0.1, 0.15) is 32.3 Å². The smallest absolute Gasteiger partial charge is 0.152 e. The molecule has 1 aliphatic rings. The van der Waals surface area contributed by atoms with Gasteiger partial charge in [0.2, 0.25) is 0 Å². The Kier molecular flexibility index (Phi) is 5.06. The van der Waals surface area contributed by atoms with E-state index in [-0.39, 0.29) is 0 Å². The molecule has 19 heavy (non-hydrogen) atoms. The zero-order valence-corrected chi connectivity index (χ0v) is 12.9. The van der Waals surface area contributed by atoms with E-state index in [0.29, 0.717) is 11.2 Å². The van der Waals surface area contributed by atoms with Crippen LogP contribution in [0.3, 0.4) is 0 Å². The number of hydrogen-bond donors (Lipinski definition) is 1. The molecule has 1 aromatic heterocycles. The number of nitrogens with zero attached hydrogens (tertiary/aromatic N) is 2. The minimum atomic E-state index is 0.518. The van der Waals surface area contributed by atoms with Gasteiger partial charge in [0.15, 0.2) is 5.15 Å². The molecule has 2 heterocycles. The lowest BCUT2D eigenvalue weighted by Crippen LogP contribution is -2.40. The molecule has 0 radical (unpaired) electrons. The number of anilines is 1. The first-order valence-electron chi connectivity index (χ1n) is 7.15. The van der Waals surface area contributed by atoms with Crippen molar-refractivity contribution in [2.75, 3.05) is 25.0 Å². The predicted molar refractivity (Wildman–Crippen MR) is 81.9 cm³/mol. The molecule has 1 N–H and O–H groups in total. The molecule has 0 amide bonds. The van der Waals surface area contributed by atoms with E-state index in [2.05, 4.69) is 35.1 Å². The fourth-order valence-corrected chi connectivity index (χ4v) is 2.81. The predicted octanol–water partition coefficient (Wildman–Crippen LogP) is 3.58. The second-order valence-corrected chi connectivity index (χ2v) is 6.32. The molecule has 1 aliphatic heterocycles. The molecule has 0 aromatic carbocycles. The average Bonchev–Trinajstić information content (AvgIpc) is 2.35. The third-order valence-corrected chi connectivity index (χ3v) is 3.85. The lowest BCUT2D eigenvalue weighted by atomic mass is 10.0. The highest BCUT2D eigenvalue weighted by molar-refractivity contribution is 6.31. The summed E-state index contributed by atoms with van der Waals surface area (Å²) >= 11 is 6.13. The van der Waals surface area contributed by atoms with E-state index in [0.717, 1.165) is 17.2 Å². The first kappa shape index (κ1) is 14.6. The second-order valence-electron chi connectivity index (χ2n) is 5.96. The van der Waals surface area contributed by atoms with Crippen LogP contribution in [0, 0.1) is 12.8 Å². The number of pyridine rings is 1. The maximum Gasteiger partial charge on any atom is 0.152 e. The van der Waals surface area contributed by atoms with E-state index >= 15 is 0 Å². The number of rotatable bonds is 4. The van der Waals surface area contributed by atoms with Crippen LogP contribution in [0.2, 0.25) is 5.15 Å². The van der Waals surface area contributed by atoms with Gasteiger partial charge in [-0.3, -0.25) is 0 Å². The molecular formula is C15H24ClN3. The summed E-state index contributed by atoms with van der Waals surface area (Å²) < 4.78 is 0. The zero-order valence-electron chi connectivity index (χ0n) is 12.1. The lowest BCUT2D eigenvalue weighted by molar-refractivity contribution is 0.198. The van der Waals surface area contributed by atoms with Gasteiger partial charge in [0.1, 0.15) is 0 Å². The van der Waals surface area contributed by atoms with Crippen molar-refractivity contribution in [3.05, 3.63) is 23.0 Å². The first-order chi connectivity index (χ1) is 9.04. The van der Waals surface area contributed by atoms with E-state index < -0.39 is 0 Å². The highest BCUT2D eigenvalue weighted by atomic mass is 35.5. The normalized spacial score (nSPS) is 17.9. The van der Waals surface area contributed by atoms with Crippen LogP contribution in [0.4, 0.5) is 5.69 Å². The van der Waals surface area contributed by atoms with Crippen LogP contribution < -0.4 is 5.32 Å². The fourth-order valence-electron chi connectivity index (χ4n) is 2.65. The standard InChI is InChI=1S/C15H24ClN3/c1-11(2)10-19-6-4-13(5-7-19)18-14-8-12(3)9-17-15(14)16/h8-9,11,13,18H,4-7,10H2,1-3H3. The number of aryl methyl sites for hydroxylation is 1. The third-order valence-electron chi connectivity index (χ3n) is 3.55. The van der Waals surface area contributed by atoms with Gasteiger partial charge >= 0.3 is 0 Å². The highest BCUT2D eigenvalue weighted by Gasteiger charge is 2.20. The maximum absolute atomic E-state index is 6.13. The number of hydrogen-bond acceptors (Lipinski definition) is 3. The van der Waals surface area contributed by atoms with Crippen molar-refractivity contribution in [1.82, 2.24) is 9.88 Å². The SMILES string of the molecule is Cc1cnc(Cl)c(NC2CCN(CC(C)C)CC2)c1. The Bertz CT molecular complexity index is 412. The Hall–Kier alpha value is -0.800. The quantitative estimate of drug-likeness (QED) is 0.855. The van der Waals surface area contributed by atoms with Crippen LogP contribution >= 0.6 is 11.6 Å². The summed E-state index contributed by atoms with van der Waals surface area (Å²) in [5.74, 6) is 0.750. The maximum atomic E-state index is 6.13. The molecule has 0 unspecified atom stereocenters. The molecule has 0 spiro atoms. The van der Waals surface area contributed by atoms with E-state index in [4.69, 9.17) is 11.6 Å². The van der Waals surface area contributed by atoms with Gasteiger partial charge in [-0.05, 0) is 37.3 Å². The van der Waals surface area contributed by atoms with Crippen molar-refractivity contribution >= 4 is 17.3 Å². The van der Waals surface area contributed by atoms with Crippen LogP contribution in [-0.2, 0) is 0 Å². The summed E-state index contributed by atoms with van der Waals surface area (Å²) in [4.78, 5) is 6.75. The van der Waals surface area contributed by atoms with Gasteiger partial charge < -0.3 is 10.2 Å². The summed E-state index contributed by atoms with van der Waals surface area (Å²) in [7, 11) is 0. The van der Waals surface area contributed by atoms with Crippen LogP contribution in [-0.4, -0.2) is 35.6 Å². The summed E-state index contributed by atoms with van der Waals surface area (Å²) in [5, 5.41) is 4.12. The number of piperidine rings is 1. The lowest BCUT2D eigenvalue weighted by Gasteiger charge is -2.33. The van der Waals surface area contributed by atoms with Gasteiger partial charge in [-0.1, -0.05) is 25.4 Å². The molecule has 0 aliphatic carbocycles. The number of halogens is 1. The Morgan fingerprint density at radius 1 is 1.42 bits per heavy atom. The van der Waals surface area contributed by atoms with Crippen molar-refractivity contribution in [3.8, 4) is 0 Å². The number of nitrogens with one attached hydrogen (secondary N) is 1. The molecule has 2 rings (SSSR count). The largest absolute Gasteiger partial charge is 0.380 e. The molecular weight excluding hydrogens is 258 g/mol. The van der Waals surface area contributed by atoms with Crippen molar-refractivity contribution in [3.63, 3.8) is 0 Å². The molecule has 106 valence electrons. The molecule has 1 saturated heterocycles. The van der Waals surface area contributed by atoms with Crippen molar-refractivity contribution in [1.29, 1.82) is 0 Å². The monoisotopic (exact) mass is 281 g/mol. The van der Waals surface area contributed by atoms with Gasteiger partial charge in [0.25, 0.3) is 0 Å². The molecule has 0 atom stereocenters. The summed E-state index contributed by atoms with van der Waals surface area (Å²) in [5.41, 5.74) is 2.12. The summed E-state index contributed by atoms with van der Waals surface area (Å²) in [6, 6.07) is 2.60. The van der Waals surface area contributed by atoms with Crippen LogP contribution in [0.5, 0.6) is 0 Å².